The van der Waals surface area contributed by atoms with Gasteiger partial charge in [-0.3, -0.25) is 9.59 Å². The summed E-state index contributed by atoms with van der Waals surface area (Å²) in [4.78, 5) is 40.6. The maximum Gasteiger partial charge on any atom is 0.277 e. The first-order valence-electron chi connectivity index (χ1n) is 9.13. The molecule has 1 aromatic heterocycles. The second-order valence-electron chi connectivity index (χ2n) is 6.85. The molecule has 1 fully saturated rings. The third-order valence-corrected chi connectivity index (χ3v) is 5.13. The van der Waals surface area contributed by atoms with Gasteiger partial charge in [-0.05, 0) is 24.5 Å². The maximum absolute atomic E-state index is 12.5. The minimum absolute atomic E-state index is 0.0270. The summed E-state index contributed by atoms with van der Waals surface area (Å²) in [5.74, 6) is -1.94. The average molecular weight is 372 g/mol. The number of quaternary nitrogens is 1. The van der Waals surface area contributed by atoms with Crippen molar-refractivity contribution < 1.29 is 25.2 Å². The normalized spacial score (nSPS) is 16.3. The molecule has 144 valence electrons. The van der Waals surface area contributed by atoms with Crippen LogP contribution in [0.1, 0.15) is 18.4 Å². The zero-order valence-corrected chi connectivity index (χ0v) is 15.1. The number of nitrogens with zero attached hydrogens (tertiary/aromatic N) is 1. The highest BCUT2D eigenvalue weighted by Gasteiger charge is 2.29. The number of aromatic amines is 1. The minimum Gasteiger partial charge on any atom is -0.548 e. The van der Waals surface area contributed by atoms with Crippen molar-refractivity contribution in [1.29, 1.82) is 0 Å². The third-order valence-electron chi connectivity index (χ3n) is 5.13. The summed E-state index contributed by atoms with van der Waals surface area (Å²) >= 11 is 0. The molecule has 1 aromatic carbocycles. The number of hydrogen-bond acceptors (Lipinski definition) is 4. The topological polar surface area (TPSA) is 133 Å². The van der Waals surface area contributed by atoms with Crippen molar-refractivity contribution in [2.45, 2.75) is 25.3 Å². The largest absolute Gasteiger partial charge is 0.548 e. The van der Waals surface area contributed by atoms with Crippen molar-refractivity contribution in [2.24, 2.45) is 5.92 Å². The molecule has 8 nitrogen and oxygen atoms in total. The molecule has 2 heterocycles. The van der Waals surface area contributed by atoms with Crippen LogP contribution in [0.25, 0.3) is 10.9 Å². The summed E-state index contributed by atoms with van der Waals surface area (Å²) in [5, 5.41) is 15.1. The Balaban J connectivity index is 1.62. The van der Waals surface area contributed by atoms with Gasteiger partial charge in [0.15, 0.2) is 6.54 Å². The highest BCUT2D eigenvalue weighted by Crippen LogP contribution is 2.20. The molecule has 0 saturated carbocycles. The van der Waals surface area contributed by atoms with E-state index in [1.807, 2.05) is 24.3 Å². The van der Waals surface area contributed by atoms with Crippen LogP contribution in [0.4, 0.5) is 0 Å². The van der Waals surface area contributed by atoms with E-state index >= 15 is 0 Å². The summed E-state index contributed by atoms with van der Waals surface area (Å²) < 4.78 is 0. The van der Waals surface area contributed by atoms with E-state index in [4.69, 9.17) is 0 Å². The molecule has 1 saturated heterocycles. The fourth-order valence-corrected chi connectivity index (χ4v) is 3.55. The Kier molecular flexibility index (Phi) is 5.75. The first-order chi connectivity index (χ1) is 13.0. The van der Waals surface area contributed by atoms with E-state index in [0.717, 1.165) is 16.5 Å². The average Bonchev–Trinajstić information content (AvgIpc) is 3.09. The second kappa shape index (κ2) is 8.22. The highest BCUT2D eigenvalue weighted by atomic mass is 16.4. The monoisotopic (exact) mass is 372 g/mol. The Labute approximate surface area is 156 Å². The van der Waals surface area contributed by atoms with Gasteiger partial charge in [-0.2, -0.15) is 0 Å². The molecule has 27 heavy (non-hydrogen) atoms. The summed E-state index contributed by atoms with van der Waals surface area (Å²) in [6.45, 7) is 1.18. The van der Waals surface area contributed by atoms with Gasteiger partial charge < -0.3 is 30.8 Å². The van der Waals surface area contributed by atoms with Gasteiger partial charge in [-0.15, -0.1) is 0 Å². The standard InChI is InChI=1S/C19H24N4O4/c20-10-17(24)23-7-5-12(6-8-23)18(25)22-16(19(26)27)9-13-11-21-15-4-2-1-3-14(13)15/h1-4,11-12,16,21H,5-10,20H2,(H,22,25)(H,26,27)/t16-/m0/s1. The number of carbonyl (C=O) groups excluding carboxylic acids is 3. The number of aliphatic carboxylic acids is 1. The van der Waals surface area contributed by atoms with Crippen molar-refractivity contribution in [3.63, 3.8) is 0 Å². The number of fused-ring (bicyclic) bond motifs is 1. The quantitative estimate of drug-likeness (QED) is 0.565. The smallest absolute Gasteiger partial charge is 0.277 e. The third kappa shape index (κ3) is 4.28. The molecule has 1 atom stereocenters. The number of benzene rings is 1. The summed E-state index contributed by atoms with van der Waals surface area (Å²) in [6, 6.07) is 6.49. The number of likely N-dealkylation sites (tertiary alicyclic amines) is 1. The Morgan fingerprint density at radius 3 is 2.63 bits per heavy atom. The van der Waals surface area contributed by atoms with Crippen molar-refractivity contribution in [3.8, 4) is 0 Å². The van der Waals surface area contributed by atoms with Crippen LogP contribution in [-0.4, -0.2) is 53.3 Å². The van der Waals surface area contributed by atoms with Gasteiger partial charge in [0.25, 0.3) is 5.91 Å². The van der Waals surface area contributed by atoms with Gasteiger partial charge in [0.1, 0.15) is 0 Å². The van der Waals surface area contributed by atoms with Crippen LogP contribution in [0.3, 0.4) is 0 Å². The zero-order chi connectivity index (χ0) is 19.4. The van der Waals surface area contributed by atoms with Crippen LogP contribution in [0.15, 0.2) is 30.5 Å². The van der Waals surface area contributed by atoms with E-state index in [1.165, 1.54) is 0 Å². The van der Waals surface area contributed by atoms with E-state index in [2.05, 4.69) is 16.0 Å². The van der Waals surface area contributed by atoms with Crippen LogP contribution in [0.5, 0.6) is 0 Å². The zero-order valence-electron chi connectivity index (χ0n) is 15.1. The lowest BCUT2D eigenvalue weighted by molar-refractivity contribution is -0.357. The number of carboxylic acids is 1. The van der Waals surface area contributed by atoms with E-state index in [0.29, 0.717) is 25.9 Å². The van der Waals surface area contributed by atoms with Gasteiger partial charge in [-0.1, -0.05) is 18.2 Å². The SMILES string of the molecule is [NH3+]CC(=O)N1CCC(C(=O)N[C@@H](Cc2c[nH]c3ccccc23)C(=O)[O-])CC1. The molecule has 0 spiro atoms. The van der Waals surface area contributed by atoms with Crippen molar-refractivity contribution in [1.82, 2.24) is 15.2 Å². The molecule has 0 bridgehead atoms. The molecule has 8 heteroatoms. The molecule has 0 radical (unpaired) electrons. The van der Waals surface area contributed by atoms with E-state index in [9.17, 15) is 19.5 Å². The van der Waals surface area contributed by atoms with Gasteiger partial charge in [0, 0.05) is 42.5 Å². The van der Waals surface area contributed by atoms with Crippen LogP contribution in [0.2, 0.25) is 0 Å². The lowest BCUT2D eigenvalue weighted by Crippen LogP contribution is -2.59. The molecule has 1 aliphatic heterocycles. The molecular weight excluding hydrogens is 348 g/mol. The number of piperidine rings is 1. The number of hydrogen-bond donors (Lipinski definition) is 3. The van der Waals surface area contributed by atoms with Crippen molar-refractivity contribution in [2.75, 3.05) is 19.6 Å². The predicted molar refractivity (Wildman–Crippen MR) is 96.0 cm³/mol. The maximum atomic E-state index is 12.5. The first kappa shape index (κ1) is 18.9. The Hall–Kier alpha value is -2.87. The van der Waals surface area contributed by atoms with Gasteiger partial charge in [0.2, 0.25) is 5.91 Å². The number of carbonyl (C=O) groups is 3. The van der Waals surface area contributed by atoms with Gasteiger partial charge >= 0.3 is 0 Å². The van der Waals surface area contributed by atoms with Gasteiger partial charge in [-0.25, -0.2) is 0 Å². The Morgan fingerprint density at radius 1 is 1.26 bits per heavy atom. The molecule has 2 aromatic rings. The van der Waals surface area contributed by atoms with Crippen LogP contribution in [0, 0.1) is 5.92 Å². The lowest BCUT2D eigenvalue weighted by Gasteiger charge is -2.31. The lowest BCUT2D eigenvalue weighted by atomic mass is 9.95. The number of amides is 2. The Bertz CT molecular complexity index is 839. The summed E-state index contributed by atoms with van der Waals surface area (Å²) in [7, 11) is 0. The molecule has 0 aliphatic carbocycles. The van der Waals surface area contributed by atoms with Crippen LogP contribution >= 0.6 is 0 Å². The predicted octanol–water partition coefficient (Wildman–Crippen LogP) is -1.57. The van der Waals surface area contributed by atoms with Gasteiger partial charge in [0.05, 0.1) is 12.0 Å². The minimum atomic E-state index is -1.31. The number of nitrogens with one attached hydrogen (secondary N) is 2. The summed E-state index contributed by atoms with van der Waals surface area (Å²) in [5.41, 5.74) is 5.32. The van der Waals surface area contributed by atoms with Crippen LogP contribution in [-0.2, 0) is 20.8 Å². The Morgan fingerprint density at radius 2 is 1.96 bits per heavy atom. The number of aromatic nitrogens is 1. The summed E-state index contributed by atoms with van der Waals surface area (Å²) in [6.07, 6.45) is 2.95. The van der Waals surface area contributed by atoms with E-state index in [-0.39, 0.29) is 30.7 Å². The fraction of sp³-hybridized carbons (Fsp3) is 0.421. The molecule has 3 rings (SSSR count). The number of rotatable bonds is 6. The molecule has 0 unspecified atom stereocenters. The molecule has 5 N–H and O–H groups in total. The second-order valence-corrected chi connectivity index (χ2v) is 6.85. The number of para-hydroxylation sites is 1. The van der Waals surface area contributed by atoms with E-state index < -0.39 is 12.0 Å². The molecule has 2 amide bonds. The fourth-order valence-electron chi connectivity index (χ4n) is 3.55. The number of H-pyrrole nitrogens is 1. The van der Waals surface area contributed by atoms with Crippen molar-refractivity contribution >= 4 is 28.7 Å². The van der Waals surface area contributed by atoms with Crippen LogP contribution < -0.4 is 16.2 Å². The molecule has 1 aliphatic rings. The highest BCUT2D eigenvalue weighted by molar-refractivity contribution is 5.87. The first-order valence-corrected chi connectivity index (χ1v) is 9.13. The molecular formula is C19H24N4O4. The number of carboxylic acid groups (broad SMARTS) is 1. The van der Waals surface area contributed by atoms with Crippen molar-refractivity contribution in [3.05, 3.63) is 36.0 Å². The van der Waals surface area contributed by atoms with E-state index in [1.54, 1.807) is 11.1 Å².